The van der Waals surface area contributed by atoms with Crippen LogP contribution < -0.4 is 5.32 Å². The Bertz CT molecular complexity index is 359. The Hall–Kier alpha value is -1.03. The largest absolute Gasteiger partial charge is 0.390 e. The van der Waals surface area contributed by atoms with Gasteiger partial charge in [-0.3, -0.25) is 0 Å². The monoisotopic (exact) mass is 273 g/mol. The number of benzene rings is 1. The van der Waals surface area contributed by atoms with Crippen LogP contribution in [0.5, 0.6) is 0 Å². The van der Waals surface area contributed by atoms with Gasteiger partial charge in [-0.1, -0.05) is 51.1 Å². The highest BCUT2D eigenvalue weighted by Crippen LogP contribution is 2.29. The van der Waals surface area contributed by atoms with Crippen LogP contribution in [0.15, 0.2) is 30.3 Å². The summed E-state index contributed by atoms with van der Waals surface area (Å²) in [5.74, 6) is 0.800. The van der Waals surface area contributed by atoms with E-state index in [1.165, 1.54) is 0 Å². The molecule has 0 aliphatic heterocycles. The average Bonchev–Trinajstić information content (AvgIpc) is 2.33. The minimum absolute atomic E-state index is 0.347. The second kappa shape index (κ2) is 6.94. The molecule has 0 aliphatic rings. The molecule has 2 unspecified atom stereocenters. The fourth-order valence-corrected chi connectivity index (χ4v) is 1.79. The molecular weight excluding hydrogens is 251 g/mol. The minimum atomic E-state index is -4.16. The Morgan fingerprint density at radius 3 is 2.11 bits per heavy atom. The molecule has 1 nitrogen and oxygen atoms in total. The normalized spacial score (nSPS) is 15.5. The van der Waals surface area contributed by atoms with Gasteiger partial charge in [0.25, 0.3) is 0 Å². The van der Waals surface area contributed by atoms with Crippen molar-refractivity contribution in [2.45, 2.75) is 39.4 Å². The van der Waals surface area contributed by atoms with Gasteiger partial charge in [-0.15, -0.1) is 0 Å². The van der Waals surface area contributed by atoms with Crippen LogP contribution in [0.2, 0.25) is 0 Å². The van der Waals surface area contributed by atoms with E-state index in [0.29, 0.717) is 23.9 Å². The smallest absolute Gasteiger partial charge is 0.309 e. The molecule has 1 N–H and O–H groups in total. The van der Waals surface area contributed by atoms with Gasteiger partial charge >= 0.3 is 6.18 Å². The molecule has 19 heavy (non-hydrogen) atoms. The van der Waals surface area contributed by atoms with Gasteiger partial charge in [0.05, 0.1) is 6.42 Å². The van der Waals surface area contributed by atoms with Crippen LogP contribution >= 0.6 is 0 Å². The maximum Gasteiger partial charge on any atom is 0.390 e. The first kappa shape index (κ1) is 16.0. The first-order chi connectivity index (χ1) is 8.79. The molecule has 0 heterocycles. The molecule has 1 aromatic carbocycles. The van der Waals surface area contributed by atoms with Crippen molar-refractivity contribution >= 4 is 0 Å². The second-order valence-electron chi connectivity index (χ2n) is 5.41. The molecule has 1 aromatic rings. The third kappa shape index (κ3) is 6.10. The van der Waals surface area contributed by atoms with Gasteiger partial charge in [-0.25, -0.2) is 0 Å². The van der Waals surface area contributed by atoms with E-state index in [2.05, 4.69) is 19.2 Å². The number of hydrogen-bond donors (Lipinski definition) is 1. The van der Waals surface area contributed by atoms with Crippen LogP contribution in [-0.2, 0) is 0 Å². The Kier molecular flexibility index (Phi) is 5.85. The predicted octanol–water partition coefficient (Wildman–Crippen LogP) is 4.56. The van der Waals surface area contributed by atoms with E-state index in [0.717, 1.165) is 0 Å². The van der Waals surface area contributed by atoms with Crippen LogP contribution in [0.3, 0.4) is 0 Å². The van der Waals surface area contributed by atoms with Crippen LogP contribution in [0, 0.1) is 11.8 Å². The molecule has 0 saturated carbocycles. The van der Waals surface area contributed by atoms with E-state index in [1.807, 2.05) is 13.0 Å². The zero-order valence-electron chi connectivity index (χ0n) is 11.7. The first-order valence-corrected chi connectivity index (χ1v) is 6.64. The molecule has 1 rings (SSSR count). The fraction of sp³-hybridized carbons (Fsp3) is 0.600. The summed E-state index contributed by atoms with van der Waals surface area (Å²) < 4.78 is 37.9. The van der Waals surface area contributed by atoms with Crippen LogP contribution in [0.1, 0.15) is 38.8 Å². The van der Waals surface area contributed by atoms with Crippen molar-refractivity contribution in [1.29, 1.82) is 0 Å². The molecule has 0 amide bonds. The summed E-state index contributed by atoms with van der Waals surface area (Å²) in [6.45, 7) is 6.79. The number of halogens is 3. The van der Waals surface area contributed by atoms with Gasteiger partial charge < -0.3 is 5.32 Å². The SMILES string of the molecule is CC(C)C(C)CNC(CC(F)(F)F)c1ccccc1. The fourth-order valence-electron chi connectivity index (χ4n) is 1.79. The van der Waals surface area contributed by atoms with Gasteiger partial charge in [-0.05, 0) is 23.9 Å². The van der Waals surface area contributed by atoms with Gasteiger partial charge in [0.2, 0.25) is 0 Å². The predicted molar refractivity (Wildman–Crippen MR) is 71.9 cm³/mol. The summed E-state index contributed by atoms with van der Waals surface area (Å²) >= 11 is 0. The first-order valence-electron chi connectivity index (χ1n) is 6.64. The van der Waals surface area contributed by atoms with Crippen LogP contribution in [-0.4, -0.2) is 12.7 Å². The Balaban J connectivity index is 2.71. The maximum absolute atomic E-state index is 12.6. The molecule has 0 bridgehead atoms. The summed E-state index contributed by atoms with van der Waals surface area (Å²) in [4.78, 5) is 0. The highest BCUT2D eigenvalue weighted by Gasteiger charge is 2.32. The van der Waals surface area contributed by atoms with Crippen molar-refractivity contribution in [2.24, 2.45) is 11.8 Å². The van der Waals surface area contributed by atoms with Gasteiger partial charge in [0, 0.05) is 6.04 Å². The zero-order chi connectivity index (χ0) is 14.5. The lowest BCUT2D eigenvalue weighted by Gasteiger charge is -2.24. The lowest BCUT2D eigenvalue weighted by molar-refractivity contribution is -0.140. The lowest BCUT2D eigenvalue weighted by Crippen LogP contribution is -2.31. The Morgan fingerprint density at radius 1 is 1.05 bits per heavy atom. The number of hydrogen-bond acceptors (Lipinski definition) is 1. The quantitative estimate of drug-likeness (QED) is 0.801. The molecule has 0 fully saturated rings. The number of nitrogens with one attached hydrogen (secondary N) is 1. The molecule has 0 spiro atoms. The summed E-state index contributed by atoms with van der Waals surface area (Å²) in [5.41, 5.74) is 0.691. The summed E-state index contributed by atoms with van der Waals surface area (Å²) in [5, 5.41) is 3.05. The third-order valence-electron chi connectivity index (χ3n) is 3.46. The van der Waals surface area contributed by atoms with Crippen molar-refractivity contribution < 1.29 is 13.2 Å². The van der Waals surface area contributed by atoms with Crippen LogP contribution in [0.25, 0.3) is 0 Å². The highest BCUT2D eigenvalue weighted by molar-refractivity contribution is 5.19. The Labute approximate surface area is 113 Å². The van der Waals surface area contributed by atoms with E-state index in [1.54, 1.807) is 24.3 Å². The molecule has 2 atom stereocenters. The molecule has 108 valence electrons. The van der Waals surface area contributed by atoms with Crippen molar-refractivity contribution in [2.75, 3.05) is 6.54 Å². The molecule has 0 aliphatic carbocycles. The lowest BCUT2D eigenvalue weighted by atomic mass is 9.96. The van der Waals surface area contributed by atoms with E-state index in [9.17, 15) is 13.2 Å². The molecule has 0 radical (unpaired) electrons. The zero-order valence-corrected chi connectivity index (χ0v) is 11.7. The van der Waals surface area contributed by atoms with E-state index in [-0.39, 0.29) is 0 Å². The molecule has 4 heteroatoms. The van der Waals surface area contributed by atoms with Gasteiger partial charge in [-0.2, -0.15) is 13.2 Å². The summed E-state index contributed by atoms with van der Waals surface area (Å²) in [7, 11) is 0. The van der Waals surface area contributed by atoms with E-state index >= 15 is 0 Å². The number of alkyl halides is 3. The van der Waals surface area contributed by atoms with Crippen molar-refractivity contribution in [3.05, 3.63) is 35.9 Å². The van der Waals surface area contributed by atoms with Gasteiger partial charge in [0.1, 0.15) is 0 Å². The average molecular weight is 273 g/mol. The van der Waals surface area contributed by atoms with E-state index in [4.69, 9.17) is 0 Å². The molecule has 0 saturated heterocycles. The summed E-state index contributed by atoms with van der Waals surface area (Å²) in [6.07, 6.45) is -4.99. The van der Waals surface area contributed by atoms with E-state index < -0.39 is 18.6 Å². The second-order valence-corrected chi connectivity index (χ2v) is 5.41. The minimum Gasteiger partial charge on any atom is -0.309 e. The number of rotatable bonds is 6. The third-order valence-corrected chi connectivity index (χ3v) is 3.46. The summed E-state index contributed by atoms with van der Waals surface area (Å²) in [6, 6.07) is 8.17. The standard InChI is InChI=1S/C15H22F3N/c1-11(2)12(3)10-19-14(9-15(16,17)18)13-7-5-4-6-8-13/h4-8,11-12,14,19H,9-10H2,1-3H3. The van der Waals surface area contributed by atoms with Gasteiger partial charge in [0.15, 0.2) is 0 Å². The van der Waals surface area contributed by atoms with Crippen molar-refractivity contribution in [1.82, 2.24) is 5.32 Å². The van der Waals surface area contributed by atoms with Crippen molar-refractivity contribution in [3.8, 4) is 0 Å². The topological polar surface area (TPSA) is 12.0 Å². The highest BCUT2D eigenvalue weighted by atomic mass is 19.4. The van der Waals surface area contributed by atoms with Crippen LogP contribution in [0.4, 0.5) is 13.2 Å². The van der Waals surface area contributed by atoms with Crippen molar-refractivity contribution in [3.63, 3.8) is 0 Å². The molecule has 0 aromatic heterocycles. The molecular formula is C15H22F3N. The Morgan fingerprint density at radius 2 is 1.63 bits per heavy atom. The maximum atomic E-state index is 12.6.